The number of benzene rings is 2. The van der Waals surface area contributed by atoms with Gasteiger partial charge in [0.2, 0.25) is 6.79 Å². The maximum atomic E-state index is 12.9. The third-order valence-electron chi connectivity index (χ3n) is 5.15. The standard InChI is InChI=1S/C23H25NO5/c1-26-18-7-4-17(5-8-18)6-9-20(25)19-14-22-23(29-16-28-22)15-21(19)27-13-12-24-10-2-3-11-24/h4-9,14-15H,2-3,10-13,16H2,1H3. The van der Waals surface area contributed by atoms with Crippen LogP contribution in [0.3, 0.4) is 0 Å². The van der Waals surface area contributed by atoms with Gasteiger partial charge in [-0.15, -0.1) is 0 Å². The van der Waals surface area contributed by atoms with Crippen LogP contribution in [-0.2, 0) is 0 Å². The van der Waals surface area contributed by atoms with E-state index in [9.17, 15) is 4.79 Å². The van der Waals surface area contributed by atoms with E-state index in [1.54, 1.807) is 31.4 Å². The first-order chi connectivity index (χ1) is 14.2. The van der Waals surface area contributed by atoms with Crippen molar-refractivity contribution in [1.29, 1.82) is 0 Å². The number of ketones is 1. The monoisotopic (exact) mass is 395 g/mol. The molecule has 0 radical (unpaired) electrons. The maximum Gasteiger partial charge on any atom is 0.231 e. The van der Waals surface area contributed by atoms with Crippen molar-refractivity contribution in [3.05, 3.63) is 53.6 Å². The molecule has 0 spiro atoms. The molecular weight excluding hydrogens is 370 g/mol. The van der Waals surface area contributed by atoms with Gasteiger partial charge in [-0.25, -0.2) is 0 Å². The first kappa shape index (κ1) is 19.3. The van der Waals surface area contributed by atoms with E-state index in [0.717, 1.165) is 30.9 Å². The van der Waals surface area contributed by atoms with Gasteiger partial charge in [0, 0.05) is 12.6 Å². The normalized spacial score (nSPS) is 15.8. The summed E-state index contributed by atoms with van der Waals surface area (Å²) in [5, 5.41) is 0. The second-order valence-corrected chi connectivity index (χ2v) is 7.07. The van der Waals surface area contributed by atoms with Crippen LogP contribution < -0.4 is 18.9 Å². The molecule has 4 rings (SSSR count). The molecule has 0 amide bonds. The van der Waals surface area contributed by atoms with Crippen molar-refractivity contribution in [1.82, 2.24) is 4.90 Å². The summed E-state index contributed by atoms with van der Waals surface area (Å²) < 4.78 is 22.0. The van der Waals surface area contributed by atoms with E-state index in [1.165, 1.54) is 12.8 Å². The predicted molar refractivity (Wildman–Crippen MR) is 110 cm³/mol. The molecule has 29 heavy (non-hydrogen) atoms. The number of hydrogen-bond donors (Lipinski definition) is 0. The fourth-order valence-corrected chi connectivity index (χ4v) is 3.50. The Hall–Kier alpha value is -2.99. The summed E-state index contributed by atoms with van der Waals surface area (Å²) in [7, 11) is 1.62. The number of hydrogen-bond acceptors (Lipinski definition) is 6. The van der Waals surface area contributed by atoms with E-state index in [0.29, 0.717) is 29.4 Å². The summed E-state index contributed by atoms with van der Waals surface area (Å²) in [5.41, 5.74) is 1.39. The minimum atomic E-state index is -0.143. The van der Waals surface area contributed by atoms with Gasteiger partial charge < -0.3 is 18.9 Å². The number of carbonyl (C=O) groups excluding carboxylic acids is 1. The molecule has 152 valence electrons. The summed E-state index contributed by atoms with van der Waals surface area (Å²) in [4.78, 5) is 15.3. The van der Waals surface area contributed by atoms with Crippen molar-refractivity contribution in [2.24, 2.45) is 0 Å². The molecule has 0 aliphatic carbocycles. The lowest BCUT2D eigenvalue weighted by molar-refractivity contribution is 0.104. The van der Waals surface area contributed by atoms with Crippen molar-refractivity contribution in [3.8, 4) is 23.0 Å². The topological polar surface area (TPSA) is 57.2 Å². The average molecular weight is 395 g/mol. The Morgan fingerprint density at radius 2 is 1.83 bits per heavy atom. The smallest absolute Gasteiger partial charge is 0.231 e. The summed E-state index contributed by atoms with van der Waals surface area (Å²) >= 11 is 0. The molecule has 0 aromatic heterocycles. The van der Waals surface area contributed by atoms with Crippen molar-refractivity contribution in [2.75, 3.05) is 40.1 Å². The fourth-order valence-electron chi connectivity index (χ4n) is 3.50. The number of fused-ring (bicyclic) bond motifs is 1. The highest BCUT2D eigenvalue weighted by Crippen LogP contribution is 2.38. The molecule has 6 heteroatoms. The van der Waals surface area contributed by atoms with E-state index in [4.69, 9.17) is 18.9 Å². The number of nitrogens with zero attached hydrogens (tertiary/aromatic N) is 1. The molecule has 2 aromatic rings. The summed E-state index contributed by atoms with van der Waals surface area (Å²) in [6, 6.07) is 11.0. The minimum Gasteiger partial charge on any atom is -0.497 e. The van der Waals surface area contributed by atoms with E-state index in [1.807, 2.05) is 24.3 Å². The molecule has 0 saturated carbocycles. The van der Waals surface area contributed by atoms with Gasteiger partial charge in [-0.05, 0) is 55.8 Å². The van der Waals surface area contributed by atoms with Gasteiger partial charge in [0.05, 0.1) is 12.7 Å². The zero-order valence-electron chi connectivity index (χ0n) is 16.6. The Morgan fingerprint density at radius 1 is 1.10 bits per heavy atom. The lowest BCUT2D eigenvalue weighted by atomic mass is 10.1. The summed E-state index contributed by atoms with van der Waals surface area (Å²) in [5.74, 6) is 2.33. The van der Waals surface area contributed by atoms with Gasteiger partial charge in [-0.1, -0.05) is 18.2 Å². The van der Waals surface area contributed by atoms with Gasteiger partial charge >= 0.3 is 0 Å². The van der Waals surface area contributed by atoms with E-state index in [2.05, 4.69) is 4.90 Å². The first-order valence-electron chi connectivity index (χ1n) is 9.88. The van der Waals surface area contributed by atoms with E-state index >= 15 is 0 Å². The third kappa shape index (κ3) is 4.71. The molecule has 2 heterocycles. The Morgan fingerprint density at radius 3 is 2.55 bits per heavy atom. The van der Waals surface area contributed by atoms with Crippen LogP contribution in [0, 0.1) is 0 Å². The molecule has 2 aromatic carbocycles. The zero-order valence-corrected chi connectivity index (χ0v) is 16.6. The van der Waals surface area contributed by atoms with Crippen LogP contribution in [-0.4, -0.2) is 50.8 Å². The van der Waals surface area contributed by atoms with Gasteiger partial charge in [-0.3, -0.25) is 9.69 Å². The molecule has 0 unspecified atom stereocenters. The Bertz CT molecular complexity index is 885. The van der Waals surface area contributed by atoms with Gasteiger partial charge in [0.1, 0.15) is 18.1 Å². The Kier molecular flexibility index (Phi) is 6.00. The minimum absolute atomic E-state index is 0.143. The second kappa shape index (κ2) is 9.01. The largest absolute Gasteiger partial charge is 0.497 e. The quantitative estimate of drug-likeness (QED) is 0.501. The van der Waals surface area contributed by atoms with Gasteiger partial charge in [0.15, 0.2) is 17.3 Å². The van der Waals surface area contributed by atoms with Crippen molar-refractivity contribution < 1.29 is 23.7 Å². The molecule has 2 aliphatic rings. The Balaban J connectivity index is 1.49. The molecule has 2 aliphatic heterocycles. The lowest BCUT2D eigenvalue weighted by Crippen LogP contribution is -2.25. The van der Waals surface area contributed by atoms with Crippen molar-refractivity contribution in [3.63, 3.8) is 0 Å². The SMILES string of the molecule is COc1ccc(C=CC(=O)c2cc3c(cc2OCCN2CCCC2)OCO3)cc1. The number of methoxy groups -OCH3 is 1. The number of allylic oxidation sites excluding steroid dienone is 1. The van der Waals surface area contributed by atoms with E-state index in [-0.39, 0.29) is 12.6 Å². The van der Waals surface area contributed by atoms with Crippen LogP contribution in [0.5, 0.6) is 23.0 Å². The van der Waals surface area contributed by atoms with Crippen LogP contribution in [0.15, 0.2) is 42.5 Å². The number of ether oxygens (including phenoxy) is 4. The van der Waals surface area contributed by atoms with Gasteiger partial charge in [-0.2, -0.15) is 0 Å². The number of rotatable bonds is 8. The zero-order chi connectivity index (χ0) is 20.1. The van der Waals surface area contributed by atoms with E-state index < -0.39 is 0 Å². The molecule has 0 atom stereocenters. The molecule has 1 fully saturated rings. The molecular formula is C23H25NO5. The number of carbonyl (C=O) groups is 1. The third-order valence-corrected chi connectivity index (χ3v) is 5.15. The summed E-state index contributed by atoms with van der Waals surface area (Å²) in [6.45, 7) is 3.76. The number of likely N-dealkylation sites (tertiary alicyclic amines) is 1. The van der Waals surface area contributed by atoms with Crippen molar-refractivity contribution >= 4 is 11.9 Å². The first-order valence-corrected chi connectivity index (χ1v) is 9.88. The predicted octanol–water partition coefficient (Wildman–Crippen LogP) is 3.79. The average Bonchev–Trinajstić information content (AvgIpc) is 3.43. The van der Waals surface area contributed by atoms with Crippen LogP contribution in [0.2, 0.25) is 0 Å². The van der Waals surface area contributed by atoms with Crippen molar-refractivity contribution in [2.45, 2.75) is 12.8 Å². The molecule has 0 N–H and O–H groups in total. The fraction of sp³-hybridized carbons (Fsp3) is 0.348. The van der Waals surface area contributed by atoms with Crippen LogP contribution >= 0.6 is 0 Å². The molecule has 0 bridgehead atoms. The van der Waals surface area contributed by atoms with Crippen LogP contribution in [0.25, 0.3) is 6.08 Å². The highest BCUT2D eigenvalue weighted by molar-refractivity contribution is 6.09. The second-order valence-electron chi connectivity index (χ2n) is 7.07. The highest BCUT2D eigenvalue weighted by Gasteiger charge is 2.21. The highest BCUT2D eigenvalue weighted by atomic mass is 16.7. The van der Waals surface area contributed by atoms with Crippen LogP contribution in [0.4, 0.5) is 0 Å². The lowest BCUT2D eigenvalue weighted by Gasteiger charge is -2.16. The molecule has 6 nitrogen and oxygen atoms in total. The maximum absolute atomic E-state index is 12.9. The molecule has 1 saturated heterocycles. The van der Waals surface area contributed by atoms with Crippen LogP contribution in [0.1, 0.15) is 28.8 Å². The Labute approximate surface area is 170 Å². The summed E-state index contributed by atoms with van der Waals surface area (Å²) in [6.07, 6.45) is 5.81. The van der Waals surface area contributed by atoms with Gasteiger partial charge in [0.25, 0.3) is 0 Å².